The lowest BCUT2D eigenvalue weighted by molar-refractivity contribution is 0.502. The van der Waals surface area contributed by atoms with Gasteiger partial charge in [-0.2, -0.15) is 5.10 Å². The Balaban J connectivity index is 2.64. The van der Waals surface area contributed by atoms with Crippen LogP contribution in [0.15, 0.2) is 16.9 Å². The molecule has 5 nitrogen and oxygen atoms in total. The van der Waals surface area contributed by atoms with Crippen molar-refractivity contribution in [1.29, 1.82) is 0 Å². The molecule has 0 aliphatic rings. The Morgan fingerprint density at radius 3 is 2.65 bits per heavy atom. The molecule has 0 aromatic carbocycles. The Hall–Kier alpha value is -1.69. The average Bonchev–Trinajstić information content (AvgIpc) is 2.75. The lowest BCUT2D eigenvalue weighted by atomic mass is 10.2. The van der Waals surface area contributed by atoms with Crippen LogP contribution in [-0.4, -0.2) is 19.3 Å². The normalized spacial score (nSPS) is 11.2. The third-order valence-corrected chi connectivity index (χ3v) is 3.57. The first-order valence-electron chi connectivity index (χ1n) is 6.81. The van der Waals surface area contributed by atoms with Crippen LogP contribution < -0.4 is 5.56 Å². The van der Waals surface area contributed by atoms with Gasteiger partial charge in [-0.3, -0.25) is 9.89 Å². The zero-order valence-electron chi connectivity index (χ0n) is 12.3. The topological polar surface area (TPSA) is 55.6 Å². The van der Waals surface area contributed by atoms with Crippen LogP contribution in [0.25, 0.3) is 11.4 Å². The van der Waals surface area contributed by atoms with Crippen molar-refractivity contribution >= 4 is 12.2 Å². The highest BCUT2D eigenvalue weighted by molar-refractivity contribution is 7.71. The van der Waals surface area contributed by atoms with Crippen LogP contribution in [0.1, 0.15) is 26.5 Å². The molecule has 0 saturated carbocycles. The third-order valence-electron chi connectivity index (χ3n) is 3.26. The fraction of sp³-hybridized carbons (Fsp3) is 0.500. The maximum absolute atomic E-state index is 12.7. The number of rotatable bonds is 4. The molecule has 0 unspecified atom stereocenters. The summed E-state index contributed by atoms with van der Waals surface area (Å²) in [6.07, 6.45) is 0. The minimum Gasteiger partial charge on any atom is -0.312 e. The second-order valence-corrected chi connectivity index (χ2v) is 5.68. The molecule has 2 rings (SSSR count). The highest BCUT2D eigenvalue weighted by Gasteiger charge is 2.14. The Kier molecular flexibility index (Phi) is 4.23. The van der Waals surface area contributed by atoms with E-state index < -0.39 is 0 Å². The van der Waals surface area contributed by atoms with E-state index in [0.29, 0.717) is 35.2 Å². The van der Waals surface area contributed by atoms with Crippen LogP contribution in [-0.2, 0) is 13.1 Å². The maximum Gasteiger partial charge on any atom is 0.261 e. The second-order valence-electron chi connectivity index (χ2n) is 5.29. The number of hydrogen-bond acceptors (Lipinski definition) is 3. The second kappa shape index (κ2) is 5.75. The van der Waals surface area contributed by atoms with E-state index in [9.17, 15) is 4.79 Å². The van der Waals surface area contributed by atoms with E-state index in [0.717, 1.165) is 5.69 Å². The number of pyridine rings is 1. The van der Waals surface area contributed by atoms with Crippen LogP contribution in [0, 0.1) is 17.6 Å². The number of aromatic nitrogens is 4. The molecule has 20 heavy (non-hydrogen) atoms. The lowest BCUT2D eigenvalue weighted by Gasteiger charge is -2.14. The summed E-state index contributed by atoms with van der Waals surface area (Å²) in [5.41, 5.74) is 1.54. The van der Waals surface area contributed by atoms with Crippen LogP contribution in [0.4, 0.5) is 0 Å². The van der Waals surface area contributed by atoms with Crippen LogP contribution in [0.5, 0.6) is 0 Å². The first-order valence-corrected chi connectivity index (χ1v) is 7.22. The molecule has 0 bridgehead atoms. The summed E-state index contributed by atoms with van der Waals surface area (Å²) in [4.78, 5) is 12.7. The molecular weight excluding hydrogens is 272 g/mol. The van der Waals surface area contributed by atoms with Gasteiger partial charge in [-0.15, -0.1) is 0 Å². The largest absolute Gasteiger partial charge is 0.312 e. The van der Waals surface area contributed by atoms with E-state index in [-0.39, 0.29) is 5.56 Å². The summed E-state index contributed by atoms with van der Waals surface area (Å²) in [5, 5.41) is 6.96. The molecule has 0 spiro atoms. The summed E-state index contributed by atoms with van der Waals surface area (Å²) >= 11 is 5.18. The van der Waals surface area contributed by atoms with Gasteiger partial charge in [0, 0.05) is 18.8 Å². The molecule has 6 heteroatoms. The first kappa shape index (κ1) is 14.7. The van der Waals surface area contributed by atoms with Crippen molar-refractivity contribution in [2.24, 2.45) is 5.92 Å². The van der Waals surface area contributed by atoms with E-state index in [2.05, 4.69) is 24.0 Å². The quantitative estimate of drug-likeness (QED) is 0.882. The van der Waals surface area contributed by atoms with Crippen molar-refractivity contribution in [1.82, 2.24) is 19.3 Å². The maximum atomic E-state index is 12.7. The Morgan fingerprint density at radius 2 is 2.05 bits per heavy atom. The van der Waals surface area contributed by atoms with Crippen LogP contribution in [0.2, 0.25) is 0 Å². The Labute approximate surface area is 123 Å². The fourth-order valence-corrected chi connectivity index (χ4v) is 2.51. The minimum absolute atomic E-state index is 0.0117. The zero-order chi connectivity index (χ0) is 14.9. The molecule has 0 radical (unpaired) electrons. The molecule has 0 saturated heterocycles. The monoisotopic (exact) mass is 292 g/mol. The molecule has 2 aromatic heterocycles. The standard InChI is InChI=1S/C14H20N4OS/c1-5-17-12(15-16-14(17)20)11-7-6-10(4)18(13(11)19)8-9(2)3/h6-7,9H,5,8H2,1-4H3,(H,16,20). The lowest BCUT2D eigenvalue weighted by Crippen LogP contribution is -2.26. The summed E-state index contributed by atoms with van der Waals surface area (Å²) in [7, 11) is 0. The minimum atomic E-state index is -0.0117. The molecule has 0 atom stereocenters. The van der Waals surface area contributed by atoms with Gasteiger partial charge < -0.3 is 9.13 Å². The first-order chi connectivity index (χ1) is 9.45. The van der Waals surface area contributed by atoms with Crippen molar-refractivity contribution in [3.8, 4) is 11.4 Å². The number of H-pyrrole nitrogens is 1. The van der Waals surface area contributed by atoms with Gasteiger partial charge in [0.1, 0.15) is 0 Å². The zero-order valence-corrected chi connectivity index (χ0v) is 13.1. The molecular formula is C14H20N4OS. The van der Waals surface area contributed by atoms with Crippen LogP contribution >= 0.6 is 12.2 Å². The van der Waals surface area contributed by atoms with Crippen LogP contribution in [0.3, 0.4) is 0 Å². The summed E-state index contributed by atoms with van der Waals surface area (Å²) in [6.45, 7) is 9.51. The van der Waals surface area contributed by atoms with Crippen molar-refractivity contribution in [2.45, 2.75) is 40.8 Å². The number of hydrogen-bond donors (Lipinski definition) is 1. The van der Waals surface area contributed by atoms with E-state index in [1.165, 1.54) is 0 Å². The molecule has 0 aliphatic heterocycles. The fourth-order valence-electron chi connectivity index (χ4n) is 2.25. The average molecular weight is 292 g/mol. The van der Waals surface area contributed by atoms with E-state index in [4.69, 9.17) is 12.2 Å². The van der Waals surface area contributed by atoms with Crippen molar-refractivity contribution in [3.05, 3.63) is 33.0 Å². The third kappa shape index (κ3) is 2.60. The van der Waals surface area contributed by atoms with E-state index >= 15 is 0 Å². The van der Waals surface area contributed by atoms with Gasteiger partial charge in [-0.05, 0) is 44.1 Å². The molecule has 108 valence electrons. The van der Waals surface area contributed by atoms with Gasteiger partial charge >= 0.3 is 0 Å². The van der Waals surface area contributed by atoms with Gasteiger partial charge in [-0.1, -0.05) is 13.8 Å². The van der Waals surface area contributed by atoms with Gasteiger partial charge in [-0.25, -0.2) is 0 Å². The highest BCUT2D eigenvalue weighted by Crippen LogP contribution is 2.14. The number of aryl methyl sites for hydroxylation is 1. The summed E-state index contributed by atoms with van der Waals surface area (Å²) in [5.74, 6) is 1.02. The number of nitrogens with zero attached hydrogens (tertiary/aromatic N) is 3. The number of aromatic amines is 1. The number of nitrogens with one attached hydrogen (secondary N) is 1. The van der Waals surface area contributed by atoms with Crippen molar-refractivity contribution in [3.63, 3.8) is 0 Å². The highest BCUT2D eigenvalue weighted by atomic mass is 32.1. The molecule has 2 aromatic rings. The smallest absolute Gasteiger partial charge is 0.261 e. The molecule has 0 fully saturated rings. The van der Waals surface area contributed by atoms with E-state index in [1.807, 2.05) is 30.5 Å². The van der Waals surface area contributed by atoms with Gasteiger partial charge in [0.15, 0.2) is 10.6 Å². The SMILES string of the molecule is CCn1c(-c2ccc(C)n(CC(C)C)c2=O)n[nH]c1=S. The Bertz CT molecular complexity index is 724. The molecule has 2 heterocycles. The van der Waals surface area contributed by atoms with Crippen molar-refractivity contribution in [2.75, 3.05) is 0 Å². The van der Waals surface area contributed by atoms with Gasteiger partial charge in [0.05, 0.1) is 5.56 Å². The predicted molar refractivity (Wildman–Crippen MR) is 82.4 cm³/mol. The molecule has 1 N–H and O–H groups in total. The van der Waals surface area contributed by atoms with Crippen molar-refractivity contribution < 1.29 is 0 Å². The molecule has 0 aliphatic carbocycles. The Morgan fingerprint density at radius 1 is 1.35 bits per heavy atom. The van der Waals surface area contributed by atoms with Gasteiger partial charge in [0.2, 0.25) is 0 Å². The van der Waals surface area contributed by atoms with Gasteiger partial charge in [0.25, 0.3) is 5.56 Å². The molecule has 0 amide bonds. The summed E-state index contributed by atoms with van der Waals surface area (Å²) in [6, 6.07) is 3.78. The van der Waals surface area contributed by atoms with E-state index in [1.54, 1.807) is 4.57 Å². The summed E-state index contributed by atoms with van der Waals surface area (Å²) < 4.78 is 4.18. The predicted octanol–water partition coefficient (Wildman–Crippen LogP) is 2.75.